The molecule has 15 heavy (non-hydrogen) atoms. The van der Waals surface area contributed by atoms with Crippen molar-refractivity contribution in [1.29, 1.82) is 0 Å². The largest absolute Gasteiger partial charge is 0.380 e. The molecule has 3 nitrogen and oxygen atoms in total. The summed E-state index contributed by atoms with van der Waals surface area (Å²) >= 11 is 0. The first-order chi connectivity index (χ1) is 7.20. The first-order valence-electron chi connectivity index (χ1n) is 6.18. The first kappa shape index (κ1) is 11.4. The molecular weight excluding hydrogens is 188 g/mol. The molecule has 0 heterocycles. The van der Waals surface area contributed by atoms with Crippen LogP contribution in [-0.2, 0) is 4.74 Å². The third-order valence-electron chi connectivity index (χ3n) is 4.48. The van der Waals surface area contributed by atoms with Crippen LogP contribution in [0.1, 0.15) is 32.6 Å². The zero-order chi connectivity index (χ0) is 10.9. The van der Waals surface area contributed by atoms with Gasteiger partial charge in [-0.15, -0.1) is 0 Å². The van der Waals surface area contributed by atoms with Crippen molar-refractivity contribution < 1.29 is 4.74 Å². The maximum atomic E-state index is 5.98. The molecule has 4 unspecified atom stereocenters. The summed E-state index contributed by atoms with van der Waals surface area (Å²) in [5, 5.41) is 3.68. The van der Waals surface area contributed by atoms with E-state index in [0.717, 1.165) is 24.9 Å². The van der Waals surface area contributed by atoms with Crippen LogP contribution < -0.4 is 11.1 Å². The van der Waals surface area contributed by atoms with Crippen LogP contribution in [-0.4, -0.2) is 31.8 Å². The van der Waals surface area contributed by atoms with Crippen LogP contribution >= 0.6 is 0 Å². The van der Waals surface area contributed by atoms with Gasteiger partial charge in [0.05, 0.1) is 6.10 Å². The zero-order valence-electron chi connectivity index (χ0n) is 9.96. The van der Waals surface area contributed by atoms with E-state index in [9.17, 15) is 0 Å². The standard InChI is InChI=1S/C12H24N2O/c1-9(15-2)7-14-12(8-13)6-10-3-4-11(12)5-10/h9-11,14H,3-8,13H2,1-2H3. The number of nitrogens with two attached hydrogens (primary N) is 1. The van der Waals surface area contributed by atoms with Crippen LogP contribution in [0.2, 0.25) is 0 Å². The third-order valence-corrected chi connectivity index (χ3v) is 4.48. The Hall–Kier alpha value is -0.120. The maximum absolute atomic E-state index is 5.98. The summed E-state index contributed by atoms with van der Waals surface area (Å²) in [5.74, 6) is 1.75. The van der Waals surface area contributed by atoms with Gasteiger partial charge in [-0.2, -0.15) is 0 Å². The number of nitrogens with one attached hydrogen (secondary N) is 1. The quantitative estimate of drug-likeness (QED) is 0.718. The summed E-state index contributed by atoms with van der Waals surface area (Å²) in [5.41, 5.74) is 6.21. The van der Waals surface area contributed by atoms with Gasteiger partial charge in [-0.1, -0.05) is 6.42 Å². The lowest BCUT2D eigenvalue weighted by Gasteiger charge is -2.38. The summed E-state index contributed by atoms with van der Waals surface area (Å²) in [7, 11) is 1.77. The normalized spacial score (nSPS) is 41.0. The minimum absolute atomic E-state index is 0.232. The van der Waals surface area contributed by atoms with Crippen LogP contribution in [0.5, 0.6) is 0 Å². The second-order valence-corrected chi connectivity index (χ2v) is 5.37. The lowest BCUT2D eigenvalue weighted by molar-refractivity contribution is 0.0976. The summed E-state index contributed by atoms with van der Waals surface area (Å²) in [6.45, 7) is 3.81. The van der Waals surface area contributed by atoms with Crippen LogP contribution in [0.3, 0.4) is 0 Å². The fraction of sp³-hybridized carbons (Fsp3) is 1.00. The molecule has 88 valence electrons. The molecule has 3 heteroatoms. The van der Waals surface area contributed by atoms with Gasteiger partial charge in [0.15, 0.2) is 0 Å². The van der Waals surface area contributed by atoms with E-state index in [2.05, 4.69) is 12.2 Å². The Balaban J connectivity index is 1.92. The fourth-order valence-corrected chi connectivity index (χ4v) is 3.41. The molecule has 0 aromatic heterocycles. The predicted molar refractivity (Wildman–Crippen MR) is 61.7 cm³/mol. The van der Waals surface area contributed by atoms with E-state index in [4.69, 9.17) is 10.5 Å². The number of hydrogen-bond acceptors (Lipinski definition) is 3. The van der Waals surface area contributed by atoms with Crippen molar-refractivity contribution in [2.24, 2.45) is 17.6 Å². The molecule has 4 atom stereocenters. The van der Waals surface area contributed by atoms with Gasteiger partial charge in [-0.3, -0.25) is 0 Å². The Morgan fingerprint density at radius 2 is 2.33 bits per heavy atom. The van der Waals surface area contributed by atoms with Gasteiger partial charge < -0.3 is 15.8 Å². The monoisotopic (exact) mass is 212 g/mol. The van der Waals surface area contributed by atoms with Crippen molar-refractivity contribution in [3.05, 3.63) is 0 Å². The highest BCUT2D eigenvalue weighted by Crippen LogP contribution is 2.50. The molecule has 2 rings (SSSR count). The average Bonchev–Trinajstić information content (AvgIpc) is 2.86. The molecule has 2 aliphatic carbocycles. The fourth-order valence-electron chi connectivity index (χ4n) is 3.41. The van der Waals surface area contributed by atoms with Crippen LogP contribution in [0.15, 0.2) is 0 Å². The van der Waals surface area contributed by atoms with Crippen molar-refractivity contribution in [3.8, 4) is 0 Å². The highest BCUT2D eigenvalue weighted by atomic mass is 16.5. The maximum Gasteiger partial charge on any atom is 0.0667 e. The molecular formula is C12H24N2O. The Morgan fingerprint density at radius 1 is 1.53 bits per heavy atom. The zero-order valence-corrected chi connectivity index (χ0v) is 9.96. The van der Waals surface area contributed by atoms with Gasteiger partial charge in [0.1, 0.15) is 0 Å². The SMILES string of the molecule is COC(C)CNC1(CN)CC2CCC1C2. The van der Waals surface area contributed by atoms with Crippen molar-refractivity contribution >= 4 is 0 Å². The number of hydrogen-bond donors (Lipinski definition) is 2. The molecule has 0 aromatic carbocycles. The molecule has 0 spiro atoms. The second kappa shape index (κ2) is 4.40. The van der Waals surface area contributed by atoms with Crippen molar-refractivity contribution in [2.45, 2.75) is 44.2 Å². The molecule has 0 radical (unpaired) electrons. The predicted octanol–water partition coefficient (Wildman–Crippen LogP) is 1.13. The van der Waals surface area contributed by atoms with Gasteiger partial charge in [-0.05, 0) is 38.0 Å². The smallest absolute Gasteiger partial charge is 0.0667 e. The lowest BCUT2D eigenvalue weighted by Crippen LogP contribution is -2.56. The molecule has 2 bridgehead atoms. The van der Waals surface area contributed by atoms with E-state index in [1.807, 2.05) is 0 Å². The van der Waals surface area contributed by atoms with Crippen LogP contribution in [0, 0.1) is 11.8 Å². The molecule has 0 aliphatic heterocycles. The van der Waals surface area contributed by atoms with Crippen LogP contribution in [0.25, 0.3) is 0 Å². The van der Waals surface area contributed by atoms with E-state index in [0.29, 0.717) is 0 Å². The highest BCUT2D eigenvalue weighted by molar-refractivity contribution is 5.07. The topological polar surface area (TPSA) is 47.3 Å². The highest BCUT2D eigenvalue weighted by Gasteiger charge is 2.49. The molecule has 0 amide bonds. The lowest BCUT2D eigenvalue weighted by atomic mass is 9.81. The van der Waals surface area contributed by atoms with Crippen molar-refractivity contribution in [2.75, 3.05) is 20.2 Å². The number of fused-ring (bicyclic) bond motifs is 2. The van der Waals surface area contributed by atoms with Gasteiger partial charge in [0.25, 0.3) is 0 Å². The number of methoxy groups -OCH3 is 1. The van der Waals surface area contributed by atoms with Gasteiger partial charge in [0.2, 0.25) is 0 Å². The Kier molecular flexibility index (Phi) is 3.33. The van der Waals surface area contributed by atoms with Gasteiger partial charge in [0, 0.05) is 25.7 Å². The third kappa shape index (κ3) is 2.05. The molecule has 2 fully saturated rings. The molecule has 2 saturated carbocycles. The van der Waals surface area contributed by atoms with Gasteiger partial charge in [-0.25, -0.2) is 0 Å². The molecule has 0 aromatic rings. The summed E-state index contributed by atoms with van der Waals surface area (Å²) < 4.78 is 5.28. The Morgan fingerprint density at radius 3 is 2.80 bits per heavy atom. The second-order valence-electron chi connectivity index (χ2n) is 5.37. The minimum atomic E-state index is 0.232. The van der Waals surface area contributed by atoms with Crippen molar-refractivity contribution in [1.82, 2.24) is 5.32 Å². The summed E-state index contributed by atoms with van der Waals surface area (Å²) in [6, 6.07) is 0. The first-order valence-corrected chi connectivity index (χ1v) is 6.18. The number of rotatable bonds is 5. The summed E-state index contributed by atoms with van der Waals surface area (Å²) in [6.07, 6.45) is 5.76. The van der Waals surface area contributed by atoms with Gasteiger partial charge >= 0.3 is 0 Å². The minimum Gasteiger partial charge on any atom is -0.380 e. The van der Waals surface area contributed by atoms with E-state index in [1.54, 1.807) is 7.11 Å². The van der Waals surface area contributed by atoms with E-state index < -0.39 is 0 Å². The molecule has 0 saturated heterocycles. The molecule has 3 N–H and O–H groups in total. The van der Waals surface area contributed by atoms with Crippen molar-refractivity contribution in [3.63, 3.8) is 0 Å². The summed E-state index contributed by atoms with van der Waals surface area (Å²) in [4.78, 5) is 0. The van der Waals surface area contributed by atoms with E-state index >= 15 is 0 Å². The Labute approximate surface area is 92.7 Å². The Bertz CT molecular complexity index is 222. The number of ether oxygens (including phenoxy) is 1. The average molecular weight is 212 g/mol. The van der Waals surface area contributed by atoms with E-state index in [-0.39, 0.29) is 11.6 Å². The van der Waals surface area contributed by atoms with E-state index in [1.165, 1.54) is 25.7 Å². The molecule has 2 aliphatic rings. The van der Waals surface area contributed by atoms with Crippen LogP contribution in [0.4, 0.5) is 0 Å².